The van der Waals surface area contributed by atoms with Gasteiger partial charge < -0.3 is 14.6 Å². The maximum Gasteiger partial charge on any atom is 0.573 e. The van der Waals surface area contributed by atoms with Crippen molar-refractivity contribution in [2.24, 2.45) is 0 Å². The third-order valence-corrected chi connectivity index (χ3v) is 5.01. The van der Waals surface area contributed by atoms with Gasteiger partial charge in [0.25, 0.3) is 5.56 Å². The minimum absolute atomic E-state index is 0.00676. The highest BCUT2D eigenvalue weighted by molar-refractivity contribution is 5.73. The van der Waals surface area contributed by atoms with Crippen molar-refractivity contribution >= 4 is 11.0 Å². The largest absolute Gasteiger partial charge is 0.573 e. The fourth-order valence-electron chi connectivity index (χ4n) is 3.73. The Morgan fingerprint density at radius 1 is 1.31 bits per heavy atom. The summed E-state index contributed by atoms with van der Waals surface area (Å²) in [6, 6.07) is 5.91. The summed E-state index contributed by atoms with van der Waals surface area (Å²) in [5, 5.41) is 4.73. The molecule has 0 radical (unpaired) electrons. The number of hydrogen-bond acceptors (Lipinski definition) is 5. The molecule has 29 heavy (non-hydrogen) atoms. The summed E-state index contributed by atoms with van der Waals surface area (Å²) < 4.78 is 43.9. The molecule has 1 N–H and O–H groups in total. The minimum atomic E-state index is -4.80. The Balaban J connectivity index is 1.69. The molecule has 1 aliphatic rings. The molecule has 10 heteroatoms. The second-order valence-electron chi connectivity index (χ2n) is 7.23. The van der Waals surface area contributed by atoms with E-state index in [0.29, 0.717) is 11.0 Å². The first-order chi connectivity index (χ1) is 13.8. The van der Waals surface area contributed by atoms with E-state index < -0.39 is 6.36 Å². The van der Waals surface area contributed by atoms with Gasteiger partial charge >= 0.3 is 6.36 Å². The Labute approximate surface area is 164 Å². The van der Waals surface area contributed by atoms with Crippen LogP contribution in [0.25, 0.3) is 11.0 Å². The summed E-state index contributed by atoms with van der Waals surface area (Å²) in [6.07, 6.45) is -1.38. The zero-order chi connectivity index (χ0) is 20.6. The van der Waals surface area contributed by atoms with Gasteiger partial charge in [0.05, 0.1) is 12.2 Å². The second kappa shape index (κ2) is 7.51. The van der Waals surface area contributed by atoms with E-state index in [9.17, 15) is 18.0 Å². The van der Waals surface area contributed by atoms with Crippen LogP contribution >= 0.6 is 0 Å². The Bertz CT molecular complexity index is 1080. The van der Waals surface area contributed by atoms with Crippen molar-refractivity contribution in [3.63, 3.8) is 0 Å². The van der Waals surface area contributed by atoms with Gasteiger partial charge in [-0.15, -0.1) is 13.2 Å². The van der Waals surface area contributed by atoms with Crippen LogP contribution in [0.4, 0.5) is 13.2 Å². The number of ether oxygens (including phenoxy) is 1. The van der Waals surface area contributed by atoms with Crippen LogP contribution in [-0.4, -0.2) is 51.1 Å². The number of fused-ring (bicyclic) bond motifs is 1. The van der Waals surface area contributed by atoms with E-state index in [2.05, 4.69) is 24.7 Å². The number of H-pyrrole nitrogens is 1. The highest BCUT2D eigenvalue weighted by Crippen LogP contribution is 2.28. The Hall–Kier alpha value is -2.88. The van der Waals surface area contributed by atoms with Gasteiger partial charge in [-0.25, -0.2) is 9.67 Å². The van der Waals surface area contributed by atoms with Gasteiger partial charge in [-0.3, -0.25) is 4.79 Å². The molecule has 2 aromatic heterocycles. The summed E-state index contributed by atoms with van der Waals surface area (Å²) in [4.78, 5) is 21.9. The molecule has 1 saturated heterocycles. The number of halogens is 3. The molecule has 1 atom stereocenters. The molecule has 3 aromatic rings. The van der Waals surface area contributed by atoms with Gasteiger partial charge in [-0.2, -0.15) is 5.10 Å². The van der Waals surface area contributed by atoms with E-state index in [4.69, 9.17) is 0 Å². The third-order valence-electron chi connectivity index (χ3n) is 5.01. The Morgan fingerprint density at radius 3 is 2.86 bits per heavy atom. The average Bonchev–Trinajstić information content (AvgIpc) is 3.07. The fourth-order valence-corrected chi connectivity index (χ4v) is 3.73. The smallest absolute Gasteiger partial charge is 0.405 e. The molecule has 0 saturated carbocycles. The van der Waals surface area contributed by atoms with Gasteiger partial charge in [0.2, 0.25) is 0 Å². The molecular formula is C19H20F3N5O2. The first-order valence-electron chi connectivity index (χ1n) is 9.29. The predicted octanol–water partition coefficient (Wildman–Crippen LogP) is 2.88. The summed E-state index contributed by atoms with van der Waals surface area (Å²) in [5.41, 5.74) is 0.351. The first kappa shape index (κ1) is 19.4. The molecule has 4 rings (SSSR count). The van der Waals surface area contributed by atoms with Gasteiger partial charge in [0, 0.05) is 18.5 Å². The maximum atomic E-state index is 12.7. The topological polar surface area (TPSA) is 76.0 Å². The van der Waals surface area contributed by atoms with Crippen molar-refractivity contribution in [2.75, 3.05) is 20.1 Å². The number of alkyl halides is 3. The molecule has 0 spiro atoms. The Kier molecular flexibility index (Phi) is 5.03. The van der Waals surface area contributed by atoms with Crippen molar-refractivity contribution in [1.29, 1.82) is 0 Å². The lowest BCUT2D eigenvalue weighted by atomic mass is 10.1. The van der Waals surface area contributed by atoms with Crippen molar-refractivity contribution in [2.45, 2.75) is 31.7 Å². The van der Waals surface area contributed by atoms with E-state index >= 15 is 0 Å². The van der Waals surface area contributed by atoms with Gasteiger partial charge in [-0.05, 0) is 32.5 Å². The van der Waals surface area contributed by atoms with Crippen LogP contribution in [0.2, 0.25) is 0 Å². The summed E-state index contributed by atoms with van der Waals surface area (Å²) in [6.45, 7) is 1.80. The molecule has 1 unspecified atom stereocenters. The normalized spacial score (nSPS) is 18.3. The molecule has 7 nitrogen and oxygen atoms in total. The van der Waals surface area contributed by atoms with E-state index in [0.717, 1.165) is 25.9 Å². The lowest BCUT2D eigenvalue weighted by Gasteiger charge is -2.29. The second-order valence-corrected chi connectivity index (χ2v) is 7.23. The van der Waals surface area contributed by atoms with Crippen LogP contribution in [0.15, 0.2) is 35.3 Å². The predicted molar refractivity (Wildman–Crippen MR) is 99.8 cm³/mol. The Morgan fingerprint density at radius 2 is 2.10 bits per heavy atom. The van der Waals surface area contributed by atoms with Crippen molar-refractivity contribution in [3.8, 4) is 5.75 Å². The number of para-hydroxylation sites is 1. The van der Waals surface area contributed by atoms with Crippen molar-refractivity contribution < 1.29 is 17.9 Å². The number of benzene rings is 1. The molecule has 154 valence electrons. The zero-order valence-electron chi connectivity index (χ0n) is 15.7. The van der Waals surface area contributed by atoms with Crippen molar-refractivity contribution in [3.05, 3.63) is 52.2 Å². The monoisotopic (exact) mass is 407 g/mol. The van der Waals surface area contributed by atoms with Crippen LogP contribution in [0.1, 0.15) is 30.3 Å². The first-order valence-corrected chi connectivity index (χ1v) is 9.29. The SMILES string of the molecule is CN1CCCC(n2ncc3c(=O)[nH]c(Cc4ccccc4OC(F)(F)F)nc32)C1. The van der Waals surface area contributed by atoms with Crippen LogP contribution in [0.3, 0.4) is 0 Å². The number of nitrogens with zero attached hydrogens (tertiary/aromatic N) is 4. The van der Waals surface area contributed by atoms with Gasteiger partial charge in [0.15, 0.2) is 5.65 Å². The molecule has 0 amide bonds. The summed E-state index contributed by atoms with van der Waals surface area (Å²) >= 11 is 0. The van der Waals surface area contributed by atoms with Crippen LogP contribution in [0, 0.1) is 0 Å². The lowest BCUT2D eigenvalue weighted by Crippen LogP contribution is -2.34. The van der Waals surface area contributed by atoms with Crippen molar-refractivity contribution in [1.82, 2.24) is 24.6 Å². The van der Waals surface area contributed by atoms with E-state index in [-0.39, 0.29) is 35.2 Å². The van der Waals surface area contributed by atoms with E-state index in [1.165, 1.54) is 24.4 Å². The summed E-state index contributed by atoms with van der Waals surface area (Å²) in [5.74, 6) is -0.0585. The maximum absolute atomic E-state index is 12.7. The minimum Gasteiger partial charge on any atom is -0.405 e. The highest BCUT2D eigenvalue weighted by Gasteiger charge is 2.32. The van der Waals surface area contributed by atoms with E-state index in [1.54, 1.807) is 10.7 Å². The van der Waals surface area contributed by atoms with E-state index in [1.807, 2.05) is 7.05 Å². The number of piperidine rings is 1. The quantitative estimate of drug-likeness (QED) is 0.720. The number of aromatic nitrogens is 4. The third kappa shape index (κ3) is 4.26. The van der Waals surface area contributed by atoms with Gasteiger partial charge in [-0.1, -0.05) is 18.2 Å². The number of hydrogen-bond donors (Lipinski definition) is 1. The number of aromatic amines is 1. The highest BCUT2D eigenvalue weighted by atomic mass is 19.4. The molecule has 0 aliphatic carbocycles. The van der Waals surface area contributed by atoms with Crippen LogP contribution < -0.4 is 10.3 Å². The number of rotatable bonds is 4. The molecular weight excluding hydrogens is 387 g/mol. The van der Waals surface area contributed by atoms with Crippen LogP contribution in [0.5, 0.6) is 5.75 Å². The fraction of sp³-hybridized carbons (Fsp3) is 0.421. The number of likely N-dealkylation sites (tertiary alicyclic amines) is 1. The lowest BCUT2D eigenvalue weighted by molar-refractivity contribution is -0.274. The molecule has 1 aliphatic heterocycles. The molecule has 3 heterocycles. The number of nitrogens with one attached hydrogen (secondary N) is 1. The molecule has 1 aromatic carbocycles. The van der Waals surface area contributed by atoms with Crippen LogP contribution in [-0.2, 0) is 6.42 Å². The molecule has 1 fully saturated rings. The summed E-state index contributed by atoms with van der Waals surface area (Å²) in [7, 11) is 2.03. The zero-order valence-corrected chi connectivity index (χ0v) is 15.7. The molecule has 0 bridgehead atoms. The average molecular weight is 407 g/mol. The number of likely N-dealkylation sites (N-methyl/N-ethyl adjacent to an activating group) is 1. The van der Waals surface area contributed by atoms with Gasteiger partial charge in [0.1, 0.15) is 17.0 Å². The standard InChI is InChI=1S/C19H20F3N5O2/c1-26-8-4-6-13(11-26)27-17-14(10-23-27)18(28)25-16(24-17)9-12-5-2-3-7-15(12)29-19(20,21)22/h2-3,5,7,10,13H,4,6,8-9,11H2,1H3,(H,24,25,28).